The normalized spacial score (nSPS) is 15.2. The van der Waals surface area contributed by atoms with Gasteiger partial charge in [-0.3, -0.25) is 19.8 Å². The third kappa shape index (κ3) is 3.54. The molecule has 5 rings (SSSR count). The first kappa shape index (κ1) is 19.6. The van der Waals surface area contributed by atoms with Crippen LogP contribution in [0, 0.1) is 10.1 Å². The van der Waals surface area contributed by atoms with Crippen molar-refractivity contribution in [3.63, 3.8) is 0 Å². The van der Waals surface area contributed by atoms with Gasteiger partial charge in [-0.15, -0.1) is 0 Å². The maximum Gasteiger partial charge on any atom is 0.293 e. The average molecular weight is 433 g/mol. The molecular weight excluding hydrogens is 414 g/mol. The molecule has 1 saturated heterocycles. The van der Waals surface area contributed by atoms with E-state index < -0.39 is 4.92 Å². The van der Waals surface area contributed by atoms with Crippen LogP contribution in [0.1, 0.15) is 10.4 Å². The molecule has 1 amide bonds. The Labute approximate surface area is 183 Å². The lowest BCUT2D eigenvalue weighted by atomic mass is 10.1. The first-order chi connectivity index (χ1) is 15.1. The molecule has 0 aromatic heterocycles. The van der Waals surface area contributed by atoms with Gasteiger partial charge in [-0.25, -0.2) is 0 Å². The van der Waals surface area contributed by atoms with E-state index in [0.717, 1.165) is 21.2 Å². The minimum atomic E-state index is -0.421. The van der Waals surface area contributed by atoms with Gasteiger partial charge < -0.3 is 9.64 Å². The smallest absolute Gasteiger partial charge is 0.293 e. The summed E-state index contributed by atoms with van der Waals surface area (Å²) in [4.78, 5) is 30.6. The second-order valence-electron chi connectivity index (χ2n) is 7.24. The molecule has 0 bridgehead atoms. The van der Waals surface area contributed by atoms with Gasteiger partial charge in [0.2, 0.25) is 0 Å². The van der Waals surface area contributed by atoms with Crippen LogP contribution in [0.25, 0.3) is 0 Å². The summed E-state index contributed by atoms with van der Waals surface area (Å²) in [5.41, 5.74) is 2.27. The van der Waals surface area contributed by atoms with Crippen LogP contribution in [-0.2, 0) is 4.74 Å². The summed E-state index contributed by atoms with van der Waals surface area (Å²) < 4.78 is 5.36. The number of hydrogen-bond acceptors (Lipinski definition) is 6. The fourth-order valence-corrected chi connectivity index (χ4v) is 4.98. The van der Waals surface area contributed by atoms with E-state index in [0.29, 0.717) is 32.0 Å². The molecule has 0 saturated carbocycles. The molecule has 0 unspecified atom stereocenters. The molecule has 156 valence electrons. The van der Waals surface area contributed by atoms with E-state index in [-0.39, 0.29) is 17.2 Å². The Bertz CT molecular complexity index is 1130. The molecule has 0 N–H and O–H groups in total. The lowest BCUT2D eigenvalue weighted by Crippen LogP contribution is -2.36. The van der Waals surface area contributed by atoms with E-state index in [2.05, 4.69) is 0 Å². The summed E-state index contributed by atoms with van der Waals surface area (Å²) in [6.45, 7) is 2.21. The molecule has 8 heteroatoms. The van der Waals surface area contributed by atoms with E-state index in [4.69, 9.17) is 4.74 Å². The highest BCUT2D eigenvalue weighted by Crippen LogP contribution is 2.48. The summed E-state index contributed by atoms with van der Waals surface area (Å²) in [5.74, 6) is -0.295. The van der Waals surface area contributed by atoms with Gasteiger partial charge in [-0.1, -0.05) is 36.0 Å². The van der Waals surface area contributed by atoms with Crippen LogP contribution < -0.4 is 9.80 Å². The standard InChI is InChI=1S/C23H19N3O4S/c27-23(16-9-10-17(20(15-16)26(28)29)24-11-13-30-14-12-24)25-18-5-1-3-7-21(18)31-22-8-4-2-6-19(22)25/h1-10,15H,11-14H2. The van der Waals surface area contributed by atoms with Gasteiger partial charge in [-0.05, 0) is 36.4 Å². The van der Waals surface area contributed by atoms with Gasteiger partial charge in [0.25, 0.3) is 11.6 Å². The number of para-hydroxylation sites is 2. The number of carbonyl (C=O) groups is 1. The Balaban J connectivity index is 1.58. The maximum atomic E-state index is 13.6. The number of nitro benzene ring substituents is 1. The van der Waals surface area contributed by atoms with Gasteiger partial charge in [0.05, 0.1) is 29.5 Å². The van der Waals surface area contributed by atoms with E-state index in [1.54, 1.807) is 28.8 Å². The van der Waals surface area contributed by atoms with Gasteiger partial charge in [0.15, 0.2) is 0 Å². The number of ether oxygens (including phenoxy) is 1. The average Bonchev–Trinajstić information content (AvgIpc) is 2.82. The van der Waals surface area contributed by atoms with Crippen molar-refractivity contribution >= 4 is 40.4 Å². The van der Waals surface area contributed by atoms with Crippen molar-refractivity contribution in [2.75, 3.05) is 36.1 Å². The van der Waals surface area contributed by atoms with Crippen LogP contribution in [-0.4, -0.2) is 37.1 Å². The molecule has 2 aliphatic heterocycles. The highest BCUT2D eigenvalue weighted by molar-refractivity contribution is 7.99. The van der Waals surface area contributed by atoms with Crippen molar-refractivity contribution in [2.45, 2.75) is 9.79 Å². The van der Waals surface area contributed by atoms with Crippen LogP contribution in [0.2, 0.25) is 0 Å². The number of benzene rings is 3. The largest absolute Gasteiger partial charge is 0.378 e. The highest BCUT2D eigenvalue weighted by Gasteiger charge is 2.30. The van der Waals surface area contributed by atoms with Gasteiger partial charge in [0.1, 0.15) is 5.69 Å². The molecule has 3 aromatic carbocycles. The summed E-state index contributed by atoms with van der Waals surface area (Å²) in [7, 11) is 0. The zero-order valence-corrected chi connectivity index (χ0v) is 17.4. The van der Waals surface area contributed by atoms with Crippen molar-refractivity contribution < 1.29 is 14.5 Å². The molecule has 3 aromatic rings. The first-order valence-electron chi connectivity index (χ1n) is 9.95. The molecule has 7 nitrogen and oxygen atoms in total. The third-order valence-corrected chi connectivity index (χ3v) is 6.54. The van der Waals surface area contributed by atoms with E-state index in [1.807, 2.05) is 53.4 Å². The number of nitro groups is 1. The van der Waals surface area contributed by atoms with Crippen LogP contribution in [0.15, 0.2) is 76.5 Å². The first-order valence-corrected chi connectivity index (χ1v) is 10.8. The monoisotopic (exact) mass is 433 g/mol. The van der Waals surface area contributed by atoms with Gasteiger partial charge in [0, 0.05) is 34.5 Å². The van der Waals surface area contributed by atoms with Crippen LogP contribution in [0.5, 0.6) is 0 Å². The SMILES string of the molecule is O=C(c1ccc(N2CCOCC2)c([N+](=O)[O-])c1)N1c2ccccc2Sc2ccccc21. The van der Waals surface area contributed by atoms with Crippen molar-refractivity contribution in [3.8, 4) is 0 Å². The lowest BCUT2D eigenvalue weighted by Gasteiger charge is -2.31. The van der Waals surface area contributed by atoms with Gasteiger partial charge in [-0.2, -0.15) is 0 Å². The van der Waals surface area contributed by atoms with Crippen molar-refractivity contribution in [2.24, 2.45) is 0 Å². The van der Waals surface area contributed by atoms with E-state index in [1.165, 1.54) is 6.07 Å². The number of anilines is 3. The molecule has 31 heavy (non-hydrogen) atoms. The molecule has 2 aliphatic rings. The van der Waals surface area contributed by atoms with Gasteiger partial charge >= 0.3 is 0 Å². The fraction of sp³-hybridized carbons (Fsp3) is 0.174. The maximum absolute atomic E-state index is 13.6. The molecule has 0 aliphatic carbocycles. The summed E-state index contributed by atoms with van der Waals surface area (Å²) >= 11 is 1.61. The molecular formula is C23H19N3O4S. The number of carbonyl (C=O) groups excluding carboxylic acids is 1. The Kier molecular flexibility index (Phi) is 5.09. The predicted octanol–water partition coefficient (Wildman–Crippen LogP) is 4.87. The number of amides is 1. The Morgan fingerprint density at radius 1 is 0.903 bits per heavy atom. The number of rotatable bonds is 3. The molecule has 0 atom stereocenters. The number of morpholine rings is 1. The van der Waals surface area contributed by atoms with Crippen molar-refractivity contribution in [1.82, 2.24) is 0 Å². The van der Waals surface area contributed by atoms with Crippen molar-refractivity contribution in [1.29, 1.82) is 0 Å². The fourth-order valence-electron chi connectivity index (χ4n) is 3.93. The topological polar surface area (TPSA) is 75.9 Å². The Hall–Kier alpha value is -3.36. The quantitative estimate of drug-likeness (QED) is 0.433. The number of hydrogen-bond donors (Lipinski definition) is 0. The predicted molar refractivity (Wildman–Crippen MR) is 120 cm³/mol. The highest BCUT2D eigenvalue weighted by atomic mass is 32.2. The number of nitrogens with zero attached hydrogens (tertiary/aromatic N) is 3. The third-order valence-electron chi connectivity index (χ3n) is 5.41. The molecule has 0 spiro atoms. The van der Waals surface area contributed by atoms with Crippen molar-refractivity contribution in [3.05, 3.63) is 82.4 Å². The molecule has 0 radical (unpaired) electrons. The van der Waals surface area contributed by atoms with Crippen LogP contribution >= 0.6 is 11.8 Å². The lowest BCUT2D eigenvalue weighted by molar-refractivity contribution is -0.384. The zero-order valence-electron chi connectivity index (χ0n) is 16.6. The number of fused-ring (bicyclic) bond motifs is 2. The molecule has 2 heterocycles. The zero-order chi connectivity index (χ0) is 21.4. The second-order valence-corrected chi connectivity index (χ2v) is 8.32. The molecule has 1 fully saturated rings. The van der Waals surface area contributed by atoms with Crippen LogP contribution in [0.3, 0.4) is 0 Å². The minimum Gasteiger partial charge on any atom is -0.378 e. The second kappa shape index (κ2) is 8.05. The Morgan fingerprint density at radius 3 is 2.13 bits per heavy atom. The van der Waals surface area contributed by atoms with E-state index in [9.17, 15) is 14.9 Å². The summed E-state index contributed by atoms with van der Waals surface area (Å²) in [6, 6.07) is 20.1. The minimum absolute atomic E-state index is 0.0688. The van der Waals surface area contributed by atoms with E-state index >= 15 is 0 Å². The van der Waals surface area contributed by atoms with Crippen LogP contribution in [0.4, 0.5) is 22.7 Å². The Morgan fingerprint density at radius 2 is 1.52 bits per heavy atom. The summed E-state index contributed by atoms with van der Waals surface area (Å²) in [5, 5.41) is 11.8. The summed E-state index contributed by atoms with van der Waals surface area (Å²) in [6.07, 6.45) is 0.